The van der Waals surface area contributed by atoms with Crippen LogP contribution in [-0.2, 0) is 6.54 Å². The predicted octanol–water partition coefficient (Wildman–Crippen LogP) is 2.61. The van der Waals surface area contributed by atoms with E-state index in [1.165, 1.54) is 0 Å². The molecule has 0 radical (unpaired) electrons. The van der Waals surface area contributed by atoms with Crippen molar-refractivity contribution in [1.82, 2.24) is 10.2 Å². The van der Waals surface area contributed by atoms with Crippen molar-refractivity contribution in [3.05, 3.63) is 23.8 Å². The molecule has 0 fully saturated rings. The largest absolute Gasteiger partial charge is 0.454 e. The van der Waals surface area contributed by atoms with Crippen LogP contribution in [0.2, 0.25) is 0 Å². The van der Waals surface area contributed by atoms with Crippen LogP contribution in [0.3, 0.4) is 0 Å². The molecule has 140 valence electrons. The van der Waals surface area contributed by atoms with E-state index < -0.39 is 0 Å². The van der Waals surface area contributed by atoms with Gasteiger partial charge in [0.1, 0.15) is 0 Å². The second-order valence-corrected chi connectivity index (χ2v) is 6.41. The highest BCUT2D eigenvalue weighted by Crippen LogP contribution is 2.32. The van der Waals surface area contributed by atoms with E-state index in [2.05, 4.69) is 30.1 Å². The summed E-state index contributed by atoms with van der Waals surface area (Å²) in [5.41, 5.74) is 1.15. The lowest BCUT2D eigenvalue weighted by Crippen LogP contribution is -2.38. The van der Waals surface area contributed by atoms with Gasteiger partial charge in [-0.1, -0.05) is 19.4 Å². The van der Waals surface area contributed by atoms with Gasteiger partial charge in [0, 0.05) is 33.3 Å². The summed E-state index contributed by atoms with van der Waals surface area (Å²) in [5.74, 6) is 2.93. The molecule has 1 atom stereocenters. The van der Waals surface area contributed by atoms with E-state index in [0.717, 1.165) is 61.9 Å². The molecule has 1 aromatic rings. The van der Waals surface area contributed by atoms with Crippen LogP contribution in [0.5, 0.6) is 11.5 Å². The molecule has 1 aromatic carbocycles. The average Bonchev–Trinajstić information content (AvgIpc) is 3.06. The Morgan fingerprint density at radius 2 is 2.08 bits per heavy atom. The molecule has 0 bridgehead atoms. The molecule has 0 amide bonds. The van der Waals surface area contributed by atoms with Gasteiger partial charge in [-0.3, -0.25) is 4.99 Å². The van der Waals surface area contributed by atoms with E-state index in [-0.39, 0.29) is 6.61 Å². The van der Waals surface area contributed by atoms with Gasteiger partial charge in [0.15, 0.2) is 17.5 Å². The van der Waals surface area contributed by atoms with Gasteiger partial charge in [0.05, 0.1) is 0 Å². The van der Waals surface area contributed by atoms with E-state index in [1.54, 1.807) is 0 Å². The number of ether oxygens (including phenoxy) is 2. The molecule has 0 aromatic heterocycles. The Morgan fingerprint density at radius 1 is 1.28 bits per heavy atom. The van der Waals surface area contributed by atoms with Gasteiger partial charge in [-0.05, 0) is 43.4 Å². The number of nitrogens with zero attached hydrogens (tertiary/aromatic N) is 2. The van der Waals surface area contributed by atoms with Crippen molar-refractivity contribution in [1.29, 1.82) is 0 Å². The maximum Gasteiger partial charge on any atom is 0.231 e. The Labute approximate surface area is 150 Å². The molecule has 6 nitrogen and oxygen atoms in total. The number of guanidine groups is 1. The molecule has 1 aliphatic rings. The minimum absolute atomic E-state index is 0.226. The second kappa shape index (κ2) is 10.1. The number of hydrogen-bond donors (Lipinski definition) is 2. The van der Waals surface area contributed by atoms with Crippen molar-refractivity contribution in [2.45, 2.75) is 39.7 Å². The van der Waals surface area contributed by atoms with E-state index >= 15 is 0 Å². The first-order valence-corrected chi connectivity index (χ1v) is 9.16. The van der Waals surface area contributed by atoms with Crippen LogP contribution in [0.15, 0.2) is 23.2 Å². The minimum atomic E-state index is 0.226. The van der Waals surface area contributed by atoms with Gasteiger partial charge in [0.2, 0.25) is 6.79 Å². The smallest absolute Gasteiger partial charge is 0.231 e. The molecule has 25 heavy (non-hydrogen) atoms. The Morgan fingerprint density at radius 3 is 2.80 bits per heavy atom. The summed E-state index contributed by atoms with van der Waals surface area (Å²) in [6.07, 6.45) is 3.02. The molecular formula is C19H31N3O3. The zero-order valence-corrected chi connectivity index (χ0v) is 15.6. The van der Waals surface area contributed by atoms with Crippen LogP contribution >= 0.6 is 0 Å². The van der Waals surface area contributed by atoms with Crippen LogP contribution in [0, 0.1) is 5.92 Å². The number of hydrogen-bond acceptors (Lipinski definition) is 4. The normalized spacial score (nSPS) is 14.5. The Hall–Kier alpha value is -1.95. The summed E-state index contributed by atoms with van der Waals surface area (Å²) in [6.45, 7) is 7.06. The second-order valence-electron chi connectivity index (χ2n) is 6.41. The summed E-state index contributed by atoms with van der Waals surface area (Å²) in [5, 5.41) is 12.6. The highest BCUT2D eigenvalue weighted by atomic mass is 16.7. The summed E-state index contributed by atoms with van der Waals surface area (Å²) < 4.78 is 10.8. The SMILES string of the molecule is CCCC(CCO)CN=C(NCC)N(C)Cc1ccc2c(c1)OCO2. The van der Waals surface area contributed by atoms with Crippen molar-refractivity contribution in [3.8, 4) is 11.5 Å². The molecule has 2 N–H and O–H groups in total. The van der Waals surface area contributed by atoms with E-state index in [4.69, 9.17) is 14.5 Å². The molecular weight excluding hydrogens is 318 g/mol. The molecule has 2 rings (SSSR count). The number of aliphatic hydroxyl groups excluding tert-OH is 1. The lowest BCUT2D eigenvalue weighted by Gasteiger charge is -2.23. The molecule has 0 spiro atoms. The highest BCUT2D eigenvalue weighted by molar-refractivity contribution is 5.79. The highest BCUT2D eigenvalue weighted by Gasteiger charge is 2.15. The van der Waals surface area contributed by atoms with Crippen molar-refractivity contribution in [2.24, 2.45) is 10.9 Å². The molecule has 1 aliphatic heterocycles. The third-order valence-electron chi connectivity index (χ3n) is 4.29. The van der Waals surface area contributed by atoms with Gasteiger partial charge < -0.3 is 24.8 Å². The van der Waals surface area contributed by atoms with Crippen LogP contribution in [0.25, 0.3) is 0 Å². The number of fused-ring (bicyclic) bond motifs is 1. The van der Waals surface area contributed by atoms with E-state index in [0.29, 0.717) is 12.7 Å². The van der Waals surface area contributed by atoms with Crippen LogP contribution in [0.1, 0.15) is 38.7 Å². The van der Waals surface area contributed by atoms with Crippen molar-refractivity contribution < 1.29 is 14.6 Å². The standard InChI is InChI=1S/C19H31N3O3/c1-4-6-15(9-10-23)12-21-19(20-5-2)22(3)13-16-7-8-17-18(11-16)25-14-24-17/h7-8,11,15,23H,4-6,9-10,12-14H2,1-3H3,(H,20,21). The van der Waals surface area contributed by atoms with Gasteiger partial charge in [0.25, 0.3) is 0 Å². The zero-order valence-electron chi connectivity index (χ0n) is 15.6. The fraction of sp³-hybridized carbons (Fsp3) is 0.632. The fourth-order valence-corrected chi connectivity index (χ4v) is 2.99. The maximum atomic E-state index is 9.22. The number of rotatable bonds is 9. The third kappa shape index (κ3) is 5.81. The molecule has 0 saturated heterocycles. The number of benzene rings is 1. The van der Waals surface area contributed by atoms with Gasteiger partial charge in [-0.15, -0.1) is 0 Å². The Kier molecular flexibility index (Phi) is 7.85. The van der Waals surface area contributed by atoms with E-state index in [9.17, 15) is 5.11 Å². The maximum absolute atomic E-state index is 9.22. The monoisotopic (exact) mass is 349 g/mol. The fourth-order valence-electron chi connectivity index (χ4n) is 2.99. The quantitative estimate of drug-likeness (QED) is 0.530. The molecule has 1 unspecified atom stereocenters. The topological polar surface area (TPSA) is 66.3 Å². The average molecular weight is 349 g/mol. The number of nitrogens with one attached hydrogen (secondary N) is 1. The van der Waals surface area contributed by atoms with Gasteiger partial charge in [-0.25, -0.2) is 0 Å². The number of aliphatic hydroxyl groups is 1. The summed E-state index contributed by atoms with van der Waals surface area (Å²) in [6, 6.07) is 6.03. The molecule has 0 saturated carbocycles. The summed E-state index contributed by atoms with van der Waals surface area (Å²) >= 11 is 0. The lowest BCUT2D eigenvalue weighted by molar-refractivity contribution is 0.174. The van der Waals surface area contributed by atoms with Gasteiger partial charge >= 0.3 is 0 Å². The third-order valence-corrected chi connectivity index (χ3v) is 4.29. The minimum Gasteiger partial charge on any atom is -0.454 e. The van der Waals surface area contributed by atoms with Crippen molar-refractivity contribution in [2.75, 3.05) is 33.5 Å². The first-order valence-electron chi connectivity index (χ1n) is 9.16. The Bertz CT molecular complexity index is 557. The molecule has 0 aliphatic carbocycles. The van der Waals surface area contributed by atoms with Crippen molar-refractivity contribution in [3.63, 3.8) is 0 Å². The Balaban J connectivity index is 2.00. The first kappa shape index (κ1) is 19.4. The number of aliphatic imine (C=N–C) groups is 1. The van der Waals surface area contributed by atoms with Crippen LogP contribution < -0.4 is 14.8 Å². The molecule has 6 heteroatoms. The lowest BCUT2D eigenvalue weighted by atomic mass is 10.0. The van der Waals surface area contributed by atoms with E-state index in [1.807, 2.05) is 19.2 Å². The van der Waals surface area contributed by atoms with Gasteiger partial charge in [-0.2, -0.15) is 0 Å². The summed E-state index contributed by atoms with van der Waals surface area (Å²) in [7, 11) is 2.03. The summed E-state index contributed by atoms with van der Waals surface area (Å²) in [4.78, 5) is 6.90. The zero-order chi connectivity index (χ0) is 18.1. The van der Waals surface area contributed by atoms with Crippen molar-refractivity contribution >= 4 is 5.96 Å². The van der Waals surface area contributed by atoms with Crippen LogP contribution in [0.4, 0.5) is 0 Å². The predicted molar refractivity (Wildman–Crippen MR) is 100 cm³/mol. The molecule has 1 heterocycles. The van der Waals surface area contributed by atoms with Crippen LogP contribution in [-0.4, -0.2) is 49.5 Å². The first-order chi connectivity index (χ1) is 12.2.